The van der Waals surface area contributed by atoms with Crippen LogP contribution in [-0.4, -0.2) is 32.9 Å². The fraction of sp³-hybridized carbons (Fsp3) is 0.263. The third kappa shape index (κ3) is 1.84. The molecule has 0 unspecified atom stereocenters. The number of fused-ring (bicyclic) bond motifs is 2. The zero-order chi connectivity index (χ0) is 16.1. The van der Waals surface area contributed by atoms with Gasteiger partial charge in [0.05, 0.1) is 19.9 Å². The summed E-state index contributed by atoms with van der Waals surface area (Å²) in [7, 11) is 5.35. The van der Waals surface area contributed by atoms with E-state index in [9.17, 15) is 5.11 Å². The Morgan fingerprint density at radius 1 is 1.00 bits per heavy atom. The Labute approximate surface area is 134 Å². The Hall–Kier alpha value is -2.62. The summed E-state index contributed by atoms with van der Waals surface area (Å²) in [5.74, 6) is 1.91. The fourth-order valence-electron chi connectivity index (χ4n) is 3.62. The molecule has 4 nitrogen and oxygen atoms in total. The van der Waals surface area contributed by atoms with Crippen molar-refractivity contribution in [2.75, 3.05) is 32.7 Å². The van der Waals surface area contributed by atoms with Crippen molar-refractivity contribution >= 4 is 27.2 Å². The number of ether oxygens (including phenoxy) is 2. The third-order valence-electron chi connectivity index (χ3n) is 4.78. The second kappa shape index (κ2) is 4.95. The lowest BCUT2D eigenvalue weighted by molar-refractivity contribution is 0.415. The summed E-state index contributed by atoms with van der Waals surface area (Å²) in [6.07, 6.45) is 0.957. The second-order valence-electron chi connectivity index (χ2n) is 5.96. The molecule has 4 rings (SSSR count). The molecule has 0 amide bonds. The van der Waals surface area contributed by atoms with Gasteiger partial charge in [-0.15, -0.1) is 0 Å². The lowest BCUT2D eigenvalue weighted by atomic mass is 9.91. The zero-order valence-electron chi connectivity index (χ0n) is 13.5. The van der Waals surface area contributed by atoms with Crippen LogP contribution in [0.4, 0.5) is 5.69 Å². The van der Waals surface area contributed by atoms with Crippen LogP contribution in [0.3, 0.4) is 0 Å². The van der Waals surface area contributed by atoms with E-state index >= 15 is 0 Å². The minimum atomic E-state index is 0.326. The maximum Gasteiger partial charge on any atom is 0.147 e. The minimum absolute atomic E-state index is 0.326. The van der Waals surface area contributed by atoms with Crippen LogP contribution in [0.1, 0.15) is 5.56 Å². The lowest BCUT2D eigenvalue weighted by Gasteiger charge is -2.30. The van der Waals surface area contributed by atoms with Gasteiger partial charge in [0.15, 0.2) is 0 Å². The lowest BCUT2D eigenvalue weighted by Crippen LogP contribution is -2.24. The fourth-order valence-corrected chi connectivity index (χ4v) is 3.62. The largest absolute Gasteiger partial charge is 0.505 e. The van der Waals surface area contributed by atoms with E-state index in [0.29, 0.717) is 5.75 Å². The quantitative estimate of drug-likeness (QED) is 0.733. The SMILES string of the molecule is COc1ccc2c(O)c3c4c(ccc(OC)c4c2c1)CCN3C. The van der Waals surface area contributed by atoms with Gasteiger partial charge in [-0.2, -0.15) is 0 Å². The molecule has 0 fully saturated rings. The van der Waals surface area contributed by atoms with Crippen molar-refractivity contribution in [2.45, 2.75) is 6.42 Å². The van der Waals surface area contributed by atoms with E-state index in [1.807, 2.05) is 31.3 Å². The number of rotatable bonds is 2. The van der Waals surface area contributed by atoms with E-state index in [1.165, 1.54) is 5.56 Å². The van der Waals surface area contributed by atoms with E-state index < -0.39 is 0 Å². The number of nitrogens with zero attached hydrogens (tertiary/aromatic N) is 1. The number of hydrogen-bond acceptors (Lipinski definition) is 4. The number of methoxy groups -OCH3 is 2. The highest BCUT2D eigenvalue weighted by Crippen LogP contribution is 2.49. The van der Waals surface area contributed by atoms with Gasteiger partial charge in [-0.3, -0.25) is 0 Å². The monoisotopic (exact) mass is 309 g/mol. The second-order valence-corrected chi connectivity index (χ2v) is 5.96. The van der Waals surface area contributed by atoms with Crippen molar-refractivity contribution in [2.24, 2.45) is 0 Å². The summed E-state index contributed by atoms with van der Waals surface area (Å²) in [5.41, 5.74) is 2.13. The molecular formula is C19H19NO3. The van der Waals surface area contributed by atoms with Crippen molar-refractivity contribution in [3.05, 3.63) is 35.9 Å². The minimum Gasteiger partial charge on any atom is -0.505 e. The van der Waals surface area contributed by atoms with Crippen molar-refractivity contribution in [3.63, 3.8) is 0 Å². The zero-order valence-corrected chi connectivity index (χ0v) is 13.5. The molecule has 1 heterocycles. The molecular weight excluding hydrogens is 290 g/mol. The van der Waals surface area contributed by atoms with Crippen LogP contribution in [0, 0.1) is 0 Å². The molecule has 23 heavy (non-hydrogen) atoms. The number of benzene rings is 3. The van der Waals surface area contributed by atoms with Gasteiger partial charge in [-0.1, -0.05) is 6.07 Å². The summed E-state index contributed by atoms with van der Waals surface area (Å²) in [6.45, 7) is 0.893. The first kappa shape index (κ1) is 14.0. The Balaban J connectivity index is 2.29. The van der Waals surface area contributed by atoms with E-state index in [0.717, 1.165) is 51.7 Å². The molecule has 0 bridgehead atoms. The third-order valence-corrected chi connectivity index (χ3v) is 4.78. The van der Waals surface area contributed by atoms with E-state index in [-0.39, 0.29) is 0 Å². The number of phenolic OH excluding ortho intramolecular Hbond substituents is 1. The molecule has 4 heteroatoms. The van der Waals surface area contributed by atoms with Crippen LogP contribution in [0.2, 0.25) is 0 Å². The van der Waals surface area contributed by atoms with Gasteiger partial charge in [-0.05, 0) is 36.2 Å². The molecule has 3 aromatic rings. The van der Waals surface area contributed by atoms with Gasteiger partial charge >= 0.3 is 0 Å². The molecule has 0 atom stereocenters. The topological polar surface area (TPSA) is 41.9 Å². The molecule has 0 aromatic heterocycles. The molecule has 1 N–H and O–H groups in total. The summed E-state index contributed by atoms with van der Waals surface area (Å²) in [6, 6.07) is 9.87. The highest BCUT2D eigenvalue weighted by atomic mass is 16.5. The number of hydrogen-bond donors (Lipinski definition) is 1. The van der Waals surface area contributed by atoms with Crippen molar-refractivity contribution in [1.29, 1.82) is 0 Å². The predicted octanol–water partition coefficient (Wildman–Crippen LogP) is 3.71. The first-order chi connectivity index (χ1) is 11.2. The normalized spacial score (nSPS) is 13.6. The van der Waals surface area contributed by atoms with Crippen LogP contribution >= 0.6 is 0 Å². The first-order valence-corrected chi connectivity index (χ1v) is 7.69. The maximum atomic E-state index is 10.9. The predicted molar refractivity (Wildman–Crippen MR) is 93.2 cm³/mol. The smallest absolute Gasteiger partial charge is 0.147 e. The molecule has 0 saturated carbocycles. The summed E-state index contributed by atoms with van der Waals surface area (Å²) in [5, 5.41) is 14.8. The molecule has 0 spiro atoms. The van der Waals surface area contributed by atoms with Gasteiger partial charge in [0.25, 0.3) is 0 Å². The molecule has 0 saturated heterocycles. The van der Waals surface area contributed by atoms with Crippen LogP contribution < -0.4 is 14.4 Å². The molecule has 0 radical (unpaired) electrons. The Morgan fingerprint density at radius 3 is 2.57 bits per heavy atom. The average Bonchev–Trinajstić information content (AvgIpc) is 2.59. The van der Waals surface area contributed by atoms with Gasteiger partial charge in [-0.25, -0.2) is 0 Å². The first-order valence-electron chi connectivity index (χ1n) is 7.69. The molecule has 3 aromatic carbocycles. The van der Waals surface area contributed by atoms with E-state index in [1.54, 1.807) is 14.2 Å². The molecule has 0 aliphatic carbocycles. The van der Waals surface area contributed by atoms with Crippen LogP contribution in [0.15, 0.2) is 30.3 Å². The summed E-state index contributed by atoms with van der Waals surface area (Å²) in [4.78, 5) is 2.12. The van der Waals surface area contributed by atoms with Gasteiger partial charge in [0.1, 0.15) is 17.2 Å². The Morgan fingerprint density at radius 2 is 1.83 bits per heavy atom. The van der Waals surface area contributed by atoms with E-state index in [2.05, 4.69) is 11.0 Å². The Kier molecular flexibility index (Phi) is 3.01. The Bertz CT molecular complexity index is 933. The van der Waals surface area contributed by atoms with Crippen LogP contribution in [-0.2, 0) is 6.42 Å². The van der Waals surface area contributed by atoms with Crippen LogP contribution in [0.5, 0.6) is 17.2 Å². The number of phenols is 1. The molecule has 1 aliphatic heterocycles. The average molecular weight is 309 g/mol. The number of likely N-dealkylation sites (N-methyl/N-ethyl adjacent to an activating group) is 1. The summed E-state index contributed by atoms with van der Waals surface area (Å²) < 4.78 is 11.0. The maximum absolute atomic E-state index is 10.9. The standard InChI is InChI=1S/C19H19NO3/c1-20-9-8-11-4-7-15(23-3)17-14-10-12(22-2)5-6-13(14)19(21)18(20)16(11)17/h4-7,10,21H,8-9H2,1-3H3. The van der Waals surface area contributed by atoms with Gasteiger partial charge < -0.3 is 19.5 Å². The number of anilines is 1. The van der Waals surface area contributed by atoms with Gasteiger partial charge in [0, 0.05) is 35.1 Å². The number of aromatic hydroxyl groups is 1. The highest BCUT2D eigenvalue weighted by Gasteiger charge is 2.25. The highest BCUT2D eigenvalue weighted by molar-refractivity contribution is 6.20. The van der Waals surface area contributed by atoms with E-state index in [4.69, 9.17) is 9.47 Å². The molecule has 1 aliphatic rings. The van der Waals surface area contributed by atoms with Crippen molar-refractivity contribution < 1.29 is 14.6 Å². The summed E-state index contributed by atoms with van der Waals surface area (Å²) >= 11 is 0. The molecule has 118 valence electrons. The van der Waals surface area contributed by atoms with Gasteiger partial charge in [0.2, 0.25) is 0 Å². The van der Waals surface area contributed by atoms with Crippen molar-refractivity contribution in [3.8, 4) is 17.2 Å². The van der Waals surface area contributed by atoms with Crippen molar-refractivity contribution in [1.82, 2.24) is 0 Å². The van der Waals surface area contributed by atoms with Crippen LogP contribution in [0.25, 0.3) is 21.5 Å².